The number of carbonyl (C=O) groups excluding carboxylic acids is 2. The number of Topliss-reactive ketones (excluding diaryl/α,β-unsaturated/α-hetero) is 1. The van der Waals surface area contributed by atoms with Gasteiger partial charge in [-0.05, 0) is 19.8 Å². The Bertz CT molecular complexity index is 211. The van der Waals surface area contributed by atoms with Crippen LogP contribution in [0.4, 0.5) is 0 Å². The third-order valence-electron chi connectivity index (χ3n) is 3.60. The Morgan fingerprint density at radius 3 is 1.42 bits per heavy atom. The molecule has 0 unspecified atom stereocenters. The van der Waals surface area contributed by atoms with Crippen LogP contribution in [0.3, 0.4) is 0 Å². The van der Waals surface area contributed by atoms with Gasteiger partial charge in [-0.1, -0.05) is 64.2 Å². The van der Waals surface area contributed by atoms with Crippen molar-refractivity contribution in [2.75, 3.05) is 0 Å². The molecule has 0 saturated heterocycles. The van der Waals surface area contributed by atoms with E-state index in [4.69, 9.17) is 0 Å². The summed E-state index contributed by atoms with van der Waals surface area (Å²) in [5.41, 5.74) is 0. The molecule has 2 heteroatoms. The summed E-state index contributed by atoms with van der Waals surface area (Å²) in [5.74, 6) is 0.327. The normalized spacial score (nSPS) is 10.6. The summed E-state index contributed by atoms with van der Waals surface area (Å²) in [6.45, 7) is 1.68. The molecular formula is C17H32O2. The quantitative estimate of drug-likeness (QED) is 0.301. The first-order chi connectivity index (χ1) is 9.27. The average molecular weight is 268 g/mol. The molecule has 0 rings (SSSR count). The van der Waals surface area contributed by atoms with E-state index >= 15 is 0 Å². The van der Waals surface area contributed by atoms with Crippen molar-refractivity contribution in [2.24, 2.45) is 0 Å². The van der Waals surface area contributed by atoms with E-state index in [9.17, 15) is 9.59 Å². The summed E-state index contributed by atoms with van der Waals surface area (Å²) < 4.78 is 0. The van der Waals surface area contributed by atoms with Crippen LogP contribution >= 0.6 is 0 Å². The zero-order valence-corrected chi connectivity index (χ0v) is 12.8. The monoisotopic (exact) mass is 268 g/mol. The second kappa shape index (κ2) is 15.4. The lowest BCUT2D eigenvalue weighted by Crippen LogP contribution is -1.89. The third kappa shape index (κ3) is 17.3. The molecule has 2 nitrogen and oxygen atoms in total. The van der Waals surface area contributed by atoms with Gasteiger partial charge in [0, 0.05) is 12.8 Å². The molecule has 0 aliphatic rings. The molecule has 0 aliphatic heterocycles. The molecule has 0 N–H and O–H groups in total. The summed E-state index contributed by atoms with van der Waals surface area (Å²) in [6.07, 6.45) is 17.8. The molecule has 0 aliphatic carbocycles. The third-order valence-corrected chi connectivity index (χ3v) is 3.60. The first kappa shape index (κ1) is 18.3. The lowest BCUT2D eigenvalue weighted by molar-refractivity contribution is -0.117. The van der Waals surface area contributed by atoms with Crippen LogP contribution < -0.4 is 0 Å². The molecule has 0 fully saturated rings. The van der Waals surface area contributed by atoms with Gasteiger partial charge in [0.05, 0.1) is 0 Å². The Hall–Kier alpha value is -0.660. The van der Waals surface area contributed by atoms with Gasteiger partial charge >= 0.3 is 0 Å². The van der Waals surface area contributed by atoms with Gasteiger partial charge in [-0.3, -0.25) is 0 Å². The zero-order chi connectivity index (χ0) is 14.2. The number of carbonyl (C=O) groups is 2. The van der Waals surface area contributed by atoms with Crippen LogP contribution in [0.5, 0.6) is 0 Å². The number of hydrogen-bond donors (Lipinski definition) is 0. The maximum absolute atomic E-state index is 10.7. The zero-order valence-electron chi connectivity index (χ0n) is 12.8. The SMILES string of the molecule is CC(=O)CCCCCCCCCCCCCCC=O. The smallest absolute Gasteiger partial charge is 0.129 e. The predicted octanol–water partition coefficient (Wildman–Crippen LogP) is 5.24. The van der Waals surface area contributed by atoms with Gasteiger partial charge in [-0.15, -0.1) is 0 Å². The molecule has 19 heavy (non-hydrogen) atoms. The van der Waals surface area contributed by atoms with Crippen LogP contribution in [0.1, 0.15) is 96.8 Å². The molecule has 0 aromatic heterocycles. The minimum absolute atomic E-state index is 0.327. The van der Waals surface area contributed by atoms with Crippen molar-refractivity contribution in [2.45, 2.75) is 96.8 Å². The van der Waals surface area contributed by atoms with Gasteiger partial charge in [0.25, 0.3) is 0 Å². The Morgan fingerprint density at radius 1 is 0.684 bits per heavy atom. The highest BCUT2D eigenvalue weighted by molar-refractivity contribution is 5.75. The second-order valence-electron chi connectivity index (χ2n) is 5.65. The van der Waals surface area contributed by atoms with E-state index in [1.54, 1.807) is 6.92 Å². The highest BCUT2D eigenvalue weighted by Crippen LogP contribution is 2.12. The van der Waals surface area contributed by atoms with Gasteiger partial charge in [0.1, 0.15) is 12.1 Å². The van der Waals surface area contributed by atoms with E-state index in [1.807, 2.05) is 0 Å². The molecule has 0 aromatic carbocycles. The number of unbranched alkanes of at least 4 members (excludes halogenated alkanes) is 12. The molecule has 112 valence electrons. The molecule has 0 spiro atoms. The van der Waals surface area contributed by atoms with Crippen LogP contribution in [-0.4, -0.2) is 12.1 Å². The van der Waals surface area contributed by atoms with Crippen molar-refractivity contribution in [3.05, 3.63) is 0 Å². The van der Waals surface area contributed by atoms with Crippen LogP contribution in [0, 0.1) is 0 Å². The topological polar surface area (TPSA) is 34.1 Å². The summed E-state index contributed by atoms with van der Waals surface area (Å²) in [7, 11) is 0. The summed E-state index contributed by atoms with van der Waals surface area (Å²) in [4.78, 5) is 20.9. The number of rotatable bonds is 15. The van der Waals surface area contributed by atoms with Crippen molar-refractivity contribution in [1.82, 2.24) is 0 Å². The largest absolute Gasteiger partial charge is 0.303 e. The van der Waals surface area contributed by atoms with Crippen molar-refractivity contribution in [3.8, 4) is 0 Å². The van der Waals surface area contributed by atoms with E-state index in [0.717, 1.165) is 32.0 Å². The lowest BCUT2D eigenvalue weighted by atomic mass is 10.0. The van der Waals surface area contributed by atoms with Crippen molar-refractivity contribution < 1.29 is 9.59 Å². The van der Waals surface area contributed by atoms with E-state index in [1.165, 1.54) is 64.2 Å². The minimum Gasteiger partial charge on any atom is -0.303 e. The Morgan fingerprint density at radius 2 is 1.05 bits per heavy atom. The lowest BCUT2D eigenvalue weighted by Gasteiger charge is -2.02. The standard InChI is InChI=1S/C17H32O2/c1-17(19)15-13-11-9-7-5-3-2-4-6-8-10-12-14-16-18/h16H,2-15H2,1H3. The van der Waals surface area contributed by atoms with Crippen molar-refractivity contribution in [3.63, 3.8) is 0 Å². The van der Waals surface area contributed by atoms with Gasteiger partial charge < -0.3 is 9.59 Å². The molecular weight excluding hydrogens is 236 g/mol. The van der Waals surface area contributed by atoms with Gasteiger partial charge in [-0.25, -0.2) is 0 Å². The van der Waals surface area contributed by atoms with Crippen LogP contribution in [-0.2, 0) is 9.59 Å². The summed E-state index contributed by atoms with van der Waals surface area (Å²) >= 11 is 0. The molecule has 0 bridgehead atoms. The number of hydrogen-bond acceptors (Lipinski definition) is 2. The van der Waals surface area contributed by atoms with Crippen LogP contribution in [0.2, 0.25) is 0 Å². The van der Waals surface area contributed by atoms with E-state index in [2.05, 4.69) is 0 Å². The molecule has 0 aromatic rings. The number of aldehydes is 1. The highest BCUT2D eigenvalue weighted by atomic mass is 16.1. The molecule has 0 radical (unpaired) electrons. The van der Waals surface area contributed by atoms with Gasteiger partial charge in [0.15, 0.2) is 0 Å². The summed E-state index contributed by atoms with van der Waals surface area (Å²) in [6, 6.07) is 0. The fraction of sp³-hybridized carbons (Fsp3) is 0.882. The second-order valence-corrected chi connectivity index (χ2v) is 5.65. The first-order valence-electron chi connectivity index (χ1n) is 8.20. The van der Waals surface area contributed by atoms with Crippen molar-refractivity contribution >= 4 is 12.1 Å². The predicted molar refractivity (Wildman–Crippen MR) is 81.4 cm³/mol. The average Bonchev–Trinajstić information content (AvgIpc) is 2.39. The van der Waals surface area contributed by atoms with Crippen LogP contribution in [0.15, 0.2) is 0 Å². The van der Waals surface area contributed by atoms with E-state index < -0.39 is 0 Å². The summed E-state index contributed by atoms with van der Waals surface area (Å²) in [5, 5.41) is 0. The molecule has 0 saturated carbocycles. The first-order valence-corrected chi connectivity index (χ1v) is 8.20. The Balaban J connectivity index is 2.95. The minimum atomic E-state index is 0.327. The van der Waals surface area contributed by atoms with Crippen molar-refractivity contribution in [1.29, 1.82) is 0 Å². The van der Waals surface area contributed by atoms with E-state index in [-0.39, 0.29) is 0 Å². The van der Waals surface area contributed by atoms with Crippen LogP contribution in [0.25, 0.3) is 0 Å². The highest BCUT2D eigenvalue weighted by Gasteiger charge is 1.95. The number of ketones is 1. The Labute approximate surface area is 119 Å². The Kier molecular flexibility index (Phi) is 14.9. The van der Waals surface area contributed by atoms with Gasteiger partial charge in [0.2, 0.25) is 0 Å². The van der Waals surface area contributed by atoms with Gasteiger partial charge in [-0.2, -0.15) is 0 Å². The fourth-order valence-corrected chi connectivity index (χ4v) is 2.37. The maximum Gasteiger partial charge on any atom is 0.129 e. The van der Waals surface area contributed by atoms with E-state index in [0.29, 0.717) is 5.78 Å². The maximum atomic E-state index is 10.7. The molecule has 0 amide bonds. The fourth-order valence-electron chi connectivity index (χ4n) is 2.37. The molecule has 0 atom stereocenters. The molecule has 0 heterocycles.